The number of ether oxygens (including phenoxy) is 1. The molecule has 3 amide bonds. The average molecular weight is 585 g/mol. The molecule has 11 nitrogen and oxygen atoms in total. The number of anilines is 1. The molecule has 1 aromatic carbocycles. The Balaban J connectivity index is 1.82. The number of aromatic nitrogens is 3. The van der Waals surface area contributed by atoms with Crippen LogP contribution < -0.4 is 10.9 Å². The molecule has 0 spiro atoms. The largest absolute Gasteiger partial charge is 0.436 e. The molecule has 0 bridgehead atoms. The number of halogens is 1. The Hall–Kier alpha value is -4.12. The molecule has 1 atom stereocenters. The number of nitrogens with zero attached hydrogens (tertiary/aromatic N) is 4. The molecule has 2 aromatic heterocycles. The van der Waals surface area contributed by atoms with Gasteiger partial charge in [0.2, 0.25) is 5.91 Å². The zero-order valence-electron chi connectivity index (χ0n) is 24.2. The number of H-pyrrole nitrogens is 1. The van der Waals surface area contributed by atoms with Crippen molar-refractivity contribution in [2.45, 2.75) is 45.8 Å². The highest BCUT2D eigenvalue weighted by molar-refractivity contribution is 6.29. The lowest BCUT2D eigenvalue weighted by atomic mass is 10.0. The van der Waals surface area contributed by atoms with Gasteiger partial charge in [0, 0.05) is 28.2 Å². The lowest BCUT2D eigenvalue weighted by Crippen LogP contribution is -2.37. The van der Waals surface area contributed by atoms with Crippen molar-refractivity contribution >= 4 is 46.2 Å². The van der Waals surface area contributed by atoms with Crippen LogP contribution in [0.4, 0.5) is 10.5 Å². The number of amides is 3. The zero-order valence-corrected chi connectivity index (χ0v) is 25.0. The molecule has 12 heteroatoms. The van der Waals surface area contributed by atoms with Gasteiger partial charge >= 0.3 is 6.09 Å². The molecular weight excluding hydrogens is 548 g/mol. The highest BCUT2D eigenvalue weighted by Crippen LogP contribution is 2.21. The van der Waals surface area contributed by atoms with Gasteiger partial charge in [-0.2, -0.15) is 0 Å². The molecule has 0 aliphatic heterocycles. The Morgan fingerprint density at radius 2 is 1.85 bits per heavy atom. The van der Waals surface area contributed by atoms with Crippen molar-refractivity contribution < 1.29 is 19.1 Å². The Morgan fingerprint density at radius 1 is 1.12 bits per heavy atom. The van der Waals surface area contributed by atoms with Crippen molar-refractivity contribution in [3.05, 3.63) is 69.4 Å². The number of rotatable bonds is 11. The number of fused-ring (bicyclic) bond motifs is 1. The Kier molecular flexibility index (Phi) is 10.7. The molecule has 2 heterocycles. The van der Waals surface area contributed by atoms with Gasteiger partial charge in [0.15, 0.2) is 6.10 Å². The number of carbonyl (C=O) groups is 3. The molecule has 2 N–H and O–H groups in total. The van der Waals surface area contributed by atoms with E-state index in [9.17, 15) is 19.2 Å². The second-order valence-electron chi connectivity index (χ2n) is 10.5. The maximum absolute atomic E-state index is 13.4. The third kappa shape index (κ3) is 8.43. The summed E-state index contributed by atoms with van der Waals surface area (Å²) in [4.78, 5) is 61.1. The third-order valence-electron chi connectivity index (χ3n) is 6.17. The van der Waals surface area contributed by atoms with Crippen LogP contribution in [0.2, 0.25) is 5.15 Å². The minimum absolute atomic E-state index is 0.0276. The van der Waals surface area contributed by atoms with Crippen LogP contribution in [-0.2, 0) is 27.3 Å². The molecule has 220 valence electrons. The minimum atomic E-state index is -1.21. The second-order valence-corrected chi connectivity index (χ2v) is 10.9. The van der Waals surface area contributed by atoms with E-state index in [1.54, 1.807) is 20.2 Å². The highest BCUT2D eigenvalue weighted by Gasteiger charge is 2.25. The molecule has 41 heavy (non-hydrogen) atoms. The first-order valence-corrected chi connectivity index (χ1v) is 13.7. The van der Waals surface area contributed by atoms with E-state index < -0.39 is 23.7 Å². The normalized spacial score (nSPS) is 12.1. The number of para-hydroxylation sites is 1. The van der Waals surface area contributed by atoms with E-state index >= 15 is 0 Å². The quantitative estimate of drug-likeness (QED) is 0.258. The van der Waals surface area contributed by atoms with E-state index in [1.165, 1.54) is 46.7 Å². The van der Waals surface area contributed by atoms with Crippen LogP contribution in [0.15, 0.2) is 47.3 Å². The summed E-state index contributed by atoms with van der Waals surface area (Å²) in [6, 6.07) is 8.81. The Bertz CT molecular complexity index is 1490. The molecule has 3 rings (SSSR count). The van der Waals surface area contributed by atoms with E-state index in [-0.39, 0.29) is 36.1 Å². The van der Waals surface area contributed by atoms with E-state index in [2.05, 4.69) is 35.2 Å². The summed E-state index contributed by atoms with van der Waals surface area (Å²) in [6.45, 7) is 4.34. The van der Waals surface area contributed by atoms with Gasteiger partial charge in [-0.3, -0.25) is 19.0 Å². The maximum atomic E-state index is 13.4. The number of benzene rings is 1. The van der Waals surface area contributed by atoms with Crippen molar-refractivity contribution in [3.8, 4) is 0 Å². The molecule has 1 unspecified atom stereocenters. The summed E-state index contributed by atoms with van der Waals surface area (Å²) in [7, 11) is 6.24. The van der Waals surface area contributed by atoms with Gasteiger partial charge < -0.3 is 24.8 Å². The van der Waals surface area contributed by atoms with E-state index in [0.717, 1.165) is 23.0 Å². The van der Waals surface area contributed by atoms with Gasteiger partial charge in [-0.25, -0.2) is 9.78 Å². The first kappa shape index (κ1) is 31.4. The molecule has 0 saturated carbocycles. The predicted octanol–water partition coefficient (Wildman–Crippen LogP) is 4.05. The smallest absolute Gasteiger partial charge is 0.410 e. The lowest BCUT2D eigenvalue weighted by molar-refractivity contribution is -0.125. The van der Waals surface area contributed by atoms with Gasteiger partial charge in [0.1, 0.15) is 16.7 Å². The van der Waals surface area contributed by atoms with Crippen LogP contribution in [-0.4, -0.2) is 76.5 Å². The van der Waals surface area contributed by atoms with E-state index in [4.69, 9.17) is 16.3 Å². The SMILES string of the molecule is CC(C)Cc1cccc2nc(Cn3c(Cl)ccc(NC(=O)C(CCC=CC(=O)N(C)C)OC(=O)N(C)C)c3=O)[nH]c12. The Labute approximate surface area is 244 Å². The number of aromatic amines is 1. The number of pyridine rings is 1. The fourth-order valence-corrected chi connectivity index (χ4v) is 4.24. The van der Waals surface area contributed by atoms with Crippen LogP contribution in [0.25, 0.3) is 11.0 Å². The molecular formula is C29H37ClN6O5. The van der Waals surface area contributed by atoms with Gasteiger partial charge in [-0.05, 0) is 55.0 Å². The van der Waals surface area contributed by atoms with Crippen LogP contribution >= 0.6 is 11.6 Å². The first-order valence-electron chi connectivity index (χ1n) is 13.3. The van der Waals surface area contributed by atoms with Crippen LogP contribution in [0.5, 0.6) is 0 Å². The van der Waals surface area contributed by atoms with Gasteiger partial charge in [-0.1, -0.05) is 43.7 Å². The molecule has 0 saturated heterocycles. The summed E-state index contributed by atoms with van der Waals surface area (Å²) in [5.41, 5.74) is 2.27. The minimum Gasteiger partial charge on any atom is -0.436 e. The van der Waals surface area contributed by atoms with Crippen molar-refractivity contribution in [1.29, 1.82) is 0 Å². The summed E-state index contributed by atoms with van der Waals surface area (Å²) in [6.07, 6.45) is 2.32. The van der Waals surface area contributed by atoms with Gasteiger partial charge in [0.05, 0.1) is 17.6 Å². The summed E-state index contributed by atoms with van der Waals surface area (Å²) >= 11 is 6.38. The Morgan fingerprint density at radius 3 is 2.51 bits per heavy atom. The average Bonchev–Trinajstić information content (AvgIpc) is 3.33. The monoisotopic (exact) mass is 584 g/mol. The van der Waals surface area contributed by atoms with Gasteiger partial charge in [-0.15, -0.1) is 0 Å². The van der Waals surface area contributed by atoms with Crippen LogP contribution in [0, 0.1) is 5.92 Å². The molecule has 0 aliphatic carbocycles. The number of hydrogen-bond donors (Lipinski definition) is 2. The van der Waals surface area contributed by atoms with Crippen molar-refractivity contribution in [3.63, 3.8) is 0 Å². The fourth-order valence-electron chi connectivity index (χ4n) is 4.04. The van der Waals surface area contributed by atoms with Crippen molar-refractivity contribution in [2.24, 2.45) is 5.92 Å². The van der Waals surface area contributed by atoms with Gasteiger partial charge in [0.25, 0.3) is 11.5 Å². The summed E-state index contributed by atoms with van der Waals surface area (Å²) in [5, 5.41) is 2.75. The number of likely N-dealkylation sites (N-methyl/N-ethyl adjacent to an activating group) is 1. The second kappa shape index (κ2) is 14.0. The predicted molar refractivity (Wildman–Crippen MR) is 159 cm³/mol. The van der Waals surface area contributed by atoms with Crippen molar-refractivity contribution in [2.75, 3.05) is 33.5 Å². The number of allylic oxidation sites excluding steroid dienone is 1. The van der Waals surface area contributed by atoms with Crippen LogP contribution in [0.1, 0.15) is 38.1 Å². The summed E-state index contributed by atoms with van der Waals surface area (Å²) in [5.74, 6) is 0.113. The van der Waals surface area contributed by atoms with E-state index in [1.807, 2.05) is 12.1 Å². The molecule has 0 radical (unpaired) electrons. The zero-order chi connectivity index (χ0) is 30.3. The lowest BCUT2D eigenvalue weighted by Gasteiger charge is -2.20. The third-order valence-corrected chi connectivity index (χ3v) is 6.50. The summed E-state index contributed by atoms with van der Waals surface area (Å²) < 4.78 is 6.66. The highest BCUT2D eigenvalue weighted by atomic mass is 35.5. The first-order chi connectivity index (χ1) is 19.4. The van der Waals surface area contributed by atoms with Crippen molar-refractivity contribution in [1.82, 2.24) is 24.3 Å². The topological polar surface area (TPSA) is 130 Å². The number of imidazole rings is 1. The number of hydrogen-bond acceptors (Lipinski definition) is 6. The number of nitrogens with one attached hydrogen (secondary N) is 2. The molecule has 3 aromatic rings. The molecule has 0 aliphatic rings. The van der Waals surface area contributed by atoms with Crippen LogP contribution in [0.3, 0.4) is 0 Å². The maximum Gasteiger partial charge on any atom is 0.410 e. The molecule has 0 fully saturated rings. The standard InChI is InChI=1S/C29H37ClN6O5/c1-18(2)16-19-10-9-11-20-26(19)33-24(31-20)17-36-23(30)15-14-21(28(36)39)32-27(38)22(41-29(40)35(5)6)12-7-8-13-25(37)34(3)4/h8-11,13-15,18,22H,7,12,16-17H2,1-6H3,(H,31,33)(H,32,38). The van der Waals surface area contributed by atoms with E-state index in [0.29, 0.717) is 11.7 Å². The number of carbonyl (C=O) groups excluding carboxylic acids is 3. The fraction of sp³-hybridized carbons (Fsp3) is 0.414.